The molecule has 10 heteroatoms. The summed E-state index contributed by atoms with van der Waals surface area (Å²) in [5.74, 6) is -4.89. The summed E-state index contributed by atoms with van der Waals surface area (Å²) in [6, 6.07) is 12.9. The molecule has 0 bridgehead atoms. The minimum atomic E-state index is -2.22. The quantitative estimate of drug-likeness (QED) is 0.206. The van der Waals surface area contributed by atoms with Gasteiger partial charge in [0.1, 0.15) is 29.4 Å². The summed E-state index contributed by atoms with van der Waals surface area (Å²) in [4.78, 5) is 11.5. The van der Waals surface area contributed by atoms with E-state index in [1.54, 1.807) is 67.6 Å². The van der Waals surface area contributed by atoms with Crippen LogP contribution in [0.4, 0.5) is 17.6 Å². The predicted octanol–water partition coefficient (Wildman–Crippen LogP) is 6.24. The van der Waals surface area contributed by atoms with Crippen LogP contribution in [0.1, 0.15) is 27.6 Å². The second-order valence-corrected chi connectivity index (χ2v) is 9.50. The molecule has 200 valence electrons. The van der Waals surface area contributed by atoms with Gasteiger partial charge in [-0.25, -0.2) is 17.6 Å². The molecule has 0 aliphatic carbocycles. The number of aliphatic hydroxyl groups is 1. The van der Waals surface area contributed by atoms with Crippen LogP contribution in [-0.4, -0.2) is 31.0 Å². The van der Waals surface area contributed by atoms with Gasteiger partial charge in [0.2, 0.25) is 0 Å². The zero-order chi connectivity index (χ0) is 28.3. The average molecular weight is 545 g/mol. The van der Waals surface area contributed by atoms with Crippen LogP contribution < -0.4 is 0 Å². The Morgan fingerprint density at radius 2 is 1.30 bits per heavy atom. The Bertz CT molecular complexity index is 1960. The van der Waals surface area contributed by atoms with Gasteiger partial charge in [0.05, 0.1) is 22.2 Å². The second-order valence-electron chi connectivity index (χ2n) is 9.50. The van der Waals surface area contributed by atoms with E-state index in [4.69, 9.17) is 0 Å². The van der Waals surface area contributed by atoms with Crippen molar-refractivity contribution in [3.63, 3.8) is 0 Å². The van der Waals surface area contributed by atoms with Crippen LogP contribution in [0.2, 0.25) is 0 Å². The molecule has 6 rings (SSSR count). The minimum absolute atomic E-state index is 0.0420. The molecule has 6 aromatic rings. The maximum atomic E-state index is 15.7. The van der Waals surface area contributed by atoms with Crippen molar-refractivity contribution in [1.29, 1.82) is 0 Å². The summed E-state index contributed by atoms with van der Waals surface area (Å²) < 4.78 is 64.9. The van der Waals surface area contributed by atoms with E-state index in [9.17, 15) is 14.3 Å². The Balaban J connectivity index is 1.56. The van der Waals surface area contributed by atoms with E-state index in [0.29, 0.717) is 27.4 Å². The summed E-state index contributed by atoms with van der Waals surface area (Å²) in [6.07, 6.45) is 1.06. The number of hydrogen-bond acceptors (Lipinski definition) is 4. The van der Waals surface area contributed by atoms with Gasteiger partial charge in [0, 0.05) is 42.8 Å². The molecule has 0 radical (unpaired) electrons. The topological polar surface area (TPSA) is 72.9 Å². The van der Waals surface area contributed by atoms with Crippen molar-refractivity contribution >= 4 is 28.1 Å². The molecule has 2 heterocycles. The summed E-state index contributed by atoms with van der Waals surface area (Å²) in [5.41, 5.74) is -0.561. The normalized spacial score (nSPS) is 12.4. The fourth-order valence-electron chi connectivity index (χ4n) is 5.20. The number of rotatable bonds is 5. The number of aryl methyl sites for hydroxylation is 2. The number of halogens is 4. The van der Waals surface area contributed by atoms with Crippen molar-refractivity contribution in [2.45, 2.75) is 6.10 Å². The number of carbonyl (C=O) groups is 1. The number of fused-ring (bicyclic) bond motifs is 2. The first-order valence-electron chi connectivity index (χ1n) is 12.2. The van der Waals surface area contributed by atoms with Crippen molar-refractivity contribution < 1.29 is 27.5 Å². The third-order valence-electron chi connectivity index (χ3n) is 6.97. The van der Waals surface area contributed by atoms with Crippen LogP contribution in [0.15, 0.2) is 67.0 Å². The Hall–Kier alpha value is -4.83. The number of nitrogens with zero attached hydrogens (tertiary/aromatic N) is 4. The maximum absolute atomic E-state index is 15.7. The molecule has 6 nitrogen and oxygen atoms in total. The number of aldehydes is 1. The zero-order valence-electron chi connectivity index (χ0n) is 21.2. The van der Waals surface area contributed by atoms with Crippen LogP contribution in [0, 0.1) is 23.3 Å². The largest absolute Gasteiger partial charge is 0.383 e. The van der Waals surface area contributed by atoms with Crippen LogP contribution in [-0.2, 0) is 14.1 Å². The van der Waals surface area contributed by atoms with E-state index in [0.717, 1.165) is 18.2 Å². The van der Waals surface area contributed by atoms with E-state index in [2.05, 4.69) is 10.2 Å². The van der Waals surface area contributed by atoms with E-state index in [1.165, 1.54) is 4.68 Å². The van der Waals surface area contributed by atoms with Crippen molar-refractivity contribution in [3.8, 4) is 22.3 Å². The molecule has 0 saturated carbocycles. The molecule has 1 N–H and O–H groups in total. The van der Waals surface area contributed by atoms with Crippen LogP contribution in [0.25, 0.3) is 44.1 Å². The lowest BCUT2D eigenvalue weighted by atomic mass is 9.88. The minimum Gasteiger partial charge on any atom is -0.383 e. The van der Waals surface area contributed by atoms with E-state index >= 15 is 13.2 Å². The molecule has 1 unspecified atom stereocenters. The Kier molecular flexibility index (Phi) is 5.99. The Morgan fingerprint density at radius 3 is 1.88 bits per heavy atom. The zero-order valence-corrected chi connectivity index (χ0v) is 21.2. The molecule has 0 fully saturated rings. The Labute approximate surface area is 224 Å². The first-order valence-corrected chi connectivity index (χ1v) is 12.2. The summed E-state index contributed by atoms with van der Waals surface area (Å²) >= 11 is 0. The molecule has 0 spiro atoms. The fraction of sp³-hybridized carbons (Fsp3) is 0.100. The molecule has 0 amide bonds. The van der Waals surface area contributed by atoms with Gasteiger partial charge in [-0.05, 0) is 52.6 Å². The first kappa shape index (κ1) is 25.4. The number of aromatic nitrogens is 4. The fourth-order valence-corrected chi connectivity index (χ4v) is 5.20. The standard InChI is InChI=1S/C30H20F4N4O2/c1-37-12-19-16(5-3-7-25(19)35-37)15-9-23(32)28(24(33)10-15)30(40)27-18(11-22(31)21(14-39)29(27)34)17-6-4-8-26-20(17)13-38(2)36-26/h3-14,30,40H,1-2H3. The third kappa shape index (κ3) is 3.95. The van der Waals surface area contributed by atoms with Gasteiger partial charge in [0.15, 0.2) is 6.29 Å². The molecule has 2 aromatic heterocycles. The molecule has 0 saturated heterocycles. The highest BCUT2D eigenvalue weighted by Crippen LogP contribution is 2.41. The number of aliphatic hydroxyl groups excluding tert-OH is 1. The van der Waals surface area contributed by atoms with Gasteiger partial charge in [-0.2, -0.15) is 10.2 Å². The van der Waals surface area contributed by atoms with Gasteiger partial charge in [-0.3, -0.25) is 14.2 Å². The SMILES string of the molecule is Cn1cc2c(-c3cc(F)c(C(O)c4c(-c5cccc6nn(C)cc56)cc(F)c(C=O)c4F)c(F)c3)cccc2n1. The molecule has 0 aliphatic rings. The molecule has 1 atom stereocenters. The molecular weight excluding hydrogens is 524 g/mol. The third-order valence-corrected chi connectivity index (χ3v) is 6.97. The van der Waals surface area contributed by atoms with Gasteiger partial charge < -0.3 is 5.11 Å². The van der Waals surface area contributed by atoms with Crippen LogP contribution in [0.3, 0.4) is 0 Å². The predicted molar refractivity (Wildman–Crippen MR) is 142 cm³/mol. The number of benzene rings is 4. The van der Waals surface area contributed by atoms with Crippen LogP contribution >= 0.6 is 0 Å². The lowest BCUT2D eigenvalue weighted by molar-refractivity contribution is 0.111. The first-order chi connectivity index (χ1) is 19.2. The number of carbonyl (C=O) groups excluding carboxylic acids is 1. The van der Waals surface area contributed by atoms with Crippen LogP contribution in [0.5, 0.6) is 0 Å². The highest BCUT2D eigenvalue weighted by Gasteiger charge is 2.30. The van der Waals surface area contributed by atoms with Crippen molar-refractivity contribution in [3.05, 3.63) is 107 Å². The monoisotopic (exact) mass is 544 g/mol. The van der Waals surface area contributed by atoms with E-state index in [1.807, 2.05) is 0 Å². The number of hydrogen-bond donors (Lipinski definition) is 1. The summed E-state index contributed by atoms with van der Waals surface area (Å²) in [7, 11) is 3.38. The Morgan fingerprint density at radius 1 is 0.750 bits per heavy atom. The average Bonchev–Trinajstić information content (AvgIpc) is 3.48. The van der Waals surface area contributed by atoms with Gasteiger partial charge in [-0.15, -0.1) is 0 Å². The molecule has 0 aliphatic heterocycles. The highest BCUT2D eigenvalue weighted by atomic mass is 19.1. The molecule has 40 heavy (non-hydrogen) atoms. The summed E-state index contributed by atoms with van der Waals surface area (Å²) in [5, 5.41) is 21.0. The van der Waals surface area contributed by atoms with Gasteiger partial charge in [-0.1, -0.05) is 24.3 Å². The highest BCUT2D eigenvalue weighted by molar-refractivity contribution is 5.96. The lowest BCUT2D eigenvalue weighted by Crippen LogP contribution is -2.12. The van der Waals surface area contributed by atoms with E-state index < -0.39 is 46.1 Å². The van der Waals surface area contributed by atoms with E-state index in [-0.39, 0.29) is 23.0 Å². The van der Waals surface area contributed by atoms with Gasteiger partial charge >= 0.3 is 0 Å². The summed E-state index contributed by atoms with van der Waals surface area (Å²) in [6.45, 7) is 0. The maximum Gasteiger partial charge on any atom is 0.155 e. The van der Waals surface area contributed by atoms with Crippen molar-refractivity contribution in [1.82, 2.24) is 19.6 Å². The second kappa shape index (κ2) is 9.42. The molecular formula is C30H20F4N4O2. The smallest absolute Gasteiger partial charge is 0.155 e. The van der Waals surface area contributed by atoms with Crippen molar-refractivity contribution in [2.75, 3.05) is 0 Å². The lowest BCUT2D eigenvalue weighted by Gasteiger charge is -2.20. The van der Waals surface area contributed by atoms with Crippen molar-refractivity contribution in [2.24, 2.45) is 14.1 Å². The van der Waals surface area contributed by atoms with Gasteiger partial charge in [0.25, 0.3) is 0 Å². The molecule has 4 aromatic carbocycles.